The number of rotatable bonds is 1. The quantitative estimate of drug-likeness (QED) is 0.647. The lowest BCUT2D eigenvalue weighted by molar-refractivity contribution is 0.0540. The maximum atomic E-state index is 13.9. The van der Waals surface area contributed by atoms with Crippen LogP contribution in [-0.2, 0) is 4.74 Å². The van der Waals surface area contributed by atoms with Crippen molar-refractivity contribution in [3.63, 3.8) is 0 Å². The van der Waals surface area contributed by atoms with Gasteiger partial charge in [-0.15, -0.1) is 0 Å². The topological polar surface area (TPSA) is 31.2 Å². The van der Waals surface area contributed by atoms with Gasteiger partial charge in [0.2, 0.25) is 0 Å². The molecule has 1 aromatic carbocycles. The molecule has 0 radical (unpaired) electrons. The van der Waals surface area contributed by atoms with Gasteiger partial charge in [0.15, 0.2) is 11.6 Å². The number of hydrogen-bond donors (Lipinski definition) is 0. The zero-order valence-electron chi connectivity index (χ0n) is 12.1. The fraction of sp³-hybridized carbons (Fsp3) is 0.267. The van der Waals surface area contributed by atoms with Crippen molar-refractivity contribution >= 4 is 22.0 Å². The first-order chi connectivity index (χ1) is 10.1. The molecule has 0 aliphatic carbocycles. The van der Waals surface area contributed by atoms with E-state index < -0.39 is 34.7 Å². The van der Waals surface area contributed by atoms with Gasteiger partial charge in [0, 0.05) is 10.7 Å². The zero-order valence-corrected chi connectivity index (χ0v) is 13.7. The van der Waals surface area contributed by atoms with E-state index in [1.807, 2.05) is 0 Å². The first kappa shape index (κ1) is 16.6. The Morgan fingerprint density at radius 3 is 2.36 bits per heavy atom. The zero-order chi connectivity index (χ0) is 16.7. The molecule has 0 aliphatic heterocycles. The fourth-order valence-electron chi connectivity index (χ4n) is 1.85. The van der Waals surface area contributed by atoms with Crippen LogP contribution in [0.2, 0.25) is 0 Å². The summed E-state index contributed by atoms with van der Waals surface area (Å²) in [6.07, 6.45) is 0.476. The summed E-state index contributed by atoms with van der Waals surface area (Å²) in [4.78, 5) is 12.2. The number of carbonyl (C=O) groups is 1. The number of hydrogen-bond acceptors (Lipinski definition) is 2. The molecular formula is C15H13BrF3NO2. The van der Waals surface area contributed by atoms with E-state index in [-0.39, 0.29) is 5.69 Å². The molecule has 0 atom stereocenters. The summed E-state index contributed by atoms with van der Waals surface area (Å²) in [6, 6.07) is 2.79. The van der Waals surface area contributed by atoms with E-state index >= 15 is 0 Å². The lowest BCUT2D eigenvalue weighted by Crippen LogP contribution is -2.27. The number of halogens is 4. The van der Waals surface area contributed by atoms with Gasteiger partial charge >= 0.3 is 6.09 Å². The Labute approximate surface area is 133 Å². The Kier molecular flexibility index (Phi) is 4.37. The monoisotopic (exact) mass is 375 g/mol. The van der Waals surface area contributed by atoms with Crippen LogP contribution in [0, 0.1) is 17.5 Å². The van der Waals surface area contributed by atoms with Gasteiger partial charge in [-0.1, -0.05) is 0 Å². The van der Waals surface area contributed by atoms with E-state index in [1.165, 1.54) is 12.3 Å². The van der Waals surface area contributed by atoms with E-state index in [9.17, 15) is 18.0 Å². The van der Waals surface area contributed by atoms with Crippen molar-refractivity contribution in [3.05, 3.63) is 46.3 Å². The highest BCUT2D eigenvalue weighted by Crippen LogP contribution is 2.31. The van der Waals surface area contributed by atoms with Crippen LogP contribution in [0.5, 0.6) is 0 Å². The van der Waals surface area contributed by atoms with Gasteiger partial charge in [-0.3, -0.25) is 4.57 Å². The molecule has 0 unspecified atom stereocenters. The largest absolute Gasteiger partial charge is 0.443 e. The predicted octanol–water partition coefficient (Wildman–Crippen LogP) is 5.12. The third-order valence-corrected chi connectivity index (χ3v) is 3.11. The van der Waals surface area contributed by atoms with Crippen molar-refractivity contribution in [1.82, 2.24) is 4.57 Å². The molecule has 0 bridgehead atoms. The van der Waals surface area contributed by atoms with Crippen LogP contribution in [-0.4, -0.2) is 16.3 Å². The van der Waals surface area contributed by atoms with Crippen molar-refractivity contribution in [3.8, 4) is 11.3 Å². The van der Waals surface area contributed by atoms with Crippen molar-refractivity contribution in [1.29, 1.82) is 0 Å². The van der Waals surface area contributed by atoms with Crippen LogP contribution in [0.4, 0.5) is 18.0 Å². The van der Waals surface area contributed by atoms with Gasteiger partial charge in [-0.25, -0.2) is 18.0 Å². The third kappa shape index (κ3) is 3.35. The molecule has 2 rings (SSSR count). The van der Waals surface area contributed by atoms with E-state index in [4.69, 9.17) is 4.74 Å². The summed E-state index contributed by atoms with van der Waals surface area (Å²) in [7, 11) is 0. The molecule has 0 saturated heterocycles. The van der Waals surface area contributed by atoms with Crippen LogP contribution in [0.3, 0.4) is 0 Å². The lowest BCUT2D eigenvalue weighted by Gasteiger charge is -2.20. The summed E-state index contributed by atoms with van der Waals surface area (Å²) in [5, 5.41) is 0. The molecule has 118 valence electrons. The normalized spacial score (nSPS) is 11.6. The Bertz CT molecular complexity index is 735. The Morgan fingerprint density at radius 2 is 1.77 bits per heavy atom. The van der Waals surface area contributed by atoms with Crippen molar-refractivity contribution < 1.29 is 22.7 Å². The molecule has 1 aromatic heterocycles. The Balaban J connectivity index is 2.59. The summed E-state index contributed by atoms with van der Waals surface area (Å²) in [6.45, 7) is 4.98. The molecule has 0 spiro atoms. The number of aromatic nitrogens is 1. The average Bonchev–Trinajstić information content (AvgIpc) is 2.74. The molecule has 0 aliphatic rings. The van der Waals surface area contributed by atoms with Crippen LogP contribution >= 0.6 is 15.9 Å². The first-order valence-corrected chi connectivity index (χ1v) is 7.14. The summed E-state index contributed by atoms with van der Waals surface area (Å²) in [5.41, 5.74) is -1.56. The standard InChI is InChI=1S/C15H13BrF3NO2/c1-15(2,3)22-14(21)20-7-8(16)6-11(20)12-9(17)4-5-10(18)13(12)19/h4-7H,1-3H3. The molecule has 1 heterocycles. The van der Waals surface area contributed by atoms with Gasteiger partial charge < -0.3 is 4.74 Å². The Morgan fingerprint density at radius 1 is 1.18 bits per heavy atom. The lowest BCUT2D eigenvalue weighted by atomic mass is 10.1. The molecule has 3 nitrogen and oxygen atoms in total. The van der Waals surface area contributed by atoms with Gasteiger partial charge in [0.25, 0.3) is 0 Å². The first-order valence-electron chi connectivity index (χ1n) is 6.35. The minimum absolute atomic E-state index is 0.143. The molecule has 0 fully saturated rings. The van der Waals surface area contributed by atoms with Gasteiger partial charge in [-0.05, 0) is 54.9 Å². The molecule has 2 aromatic rings. The number of ether oxygens (including phenoxy) is 1. The van der Waals surface area contributed by atoms with E-state index in [0.717, 1.165) is 10.6 Å². The number of benzene rings is 1. The maximum absolute atomic E-state index is 13.9. The molecule has 0 amide bonds. The highest BCUT2D eigenvalue weighted by Gasteiger charge is 2.25. The van der Waals surface area contributed by atoms with Crippen molar-refractivity contribution in [2.24, 2.45) is 0 Å². The molecule has 22 heavy (non-hydrogen) atoms. The van der Waals surface area contributed by atoms with E-state index in [2.05, 4.69) is 15.9 Å². The van der Waals surface area contributed by atoms with Crippen LogP contribution < -0.4 is 0 Å². The molecule has 0 saturated carbocycles. The fourth-order valence-corrected chi connectivity index (χ4v) is 2.27. The van der Waals surface area contributed by atoms with Crippen molar-refractivity contribution in [2.75, 3.05) is 0 Å². The van der Waals surface area contributed by atoms with E-state index in [1.54, 1.807) is 20.8 Å². The maximum Gasteiger partial charge on any atom is 0.419 e. The SMILES string of the molecule is CC(C)(C)OC(=O)n1cc(Br)cc1-c1c(F)ccc(F)c1F. The van der Waals surface area contributed by atoms with Crippen LogP contribution in [0.1, 0.15) is 20.8 Å². The number of nitrogens with zero attached hydrogens (tertiary/aromatic N) is 1. The number of carbonyl (C=O) groups excluding carboxylic acids is 1. The van der Waals surface area contributed by atoms with Crippen LogP contribution in [0.15, 0.2) is 28.9 Å². The van der Waals surface area contributed by atoms with Gasteiger partial charge in [0.05, 0.1) is 11.3 Å². The van der Waals surface area contributed by atoms with Gasteiger partial charge in [0.1, 0.15) is 11.4 Å². The second-order valence-electron chi connectivity index (χ2n) is 5.61. The van der Waals surface area contributed by atoms with Crippen LogP contribution in [0.25, 0.3) is 11.3 Å². The highest BCUT2D eigenvalue weighted by molar-refractivity contribution is 9.10. The average molecular weight is 376 g/mol. The molecule has 0 N–H and O–H groups in total. The molecule has 7 heteroatoms. The minimum Gasteiger partial charge on any atom is -0.443 e. The minimum atomic E-state index is -1.37. The second-order valence-corrected chi connectivity index (χ2v) is 6.53. The molecular weight excluding hydrogens is 363 g/mol. The summed E-state index contributed by atoms with van der Waals surface area (Å²) < 4.78 is 47.7. The third-order valence-electron chi connectivity index (χ3n) is 2.68. The Hall–Kier alpha value is -1.76. The highest BCUT2D eigenvalue weighted by atomic mass is 79.9. The van der Waals surface area contributed by atoms with E-state index in [0.29, 0.717) is 10.5 Å². The van der Waals surface area contributed by atoms with Crippen molar-refractivity contribution in [2.45, 2.75) is 26.4 Å². The summed E-state index contributed by atoms with van der Waals surface area (Å²) >= 11 is 3.13. The smallest absolute Gasteiger partial charge is 0.419 e. The summed E-state index contributed by atoms with van der Waals surface area (Å²) in [5.74, 6) is -3.55. The van der Waals surface area contributed by atoms with Gasteiger partial charge in [-0.2, -0.15) is 0 Å². The predicted molar refractivity (Wildman–Crippen MR) is 79.1 cm³/mol. The second kappa shape index (κ2) is 5.79.